The Morgan fingerprint density at radius 3 is 2.92 bits per heavy atom. The smallest absolute Gasteiger partial charge is 0.407 e. The van der Waals surface area contributed by atoms with Crippen LogP contribution in [0.25, 0.3) is 0 Å². The first-order chi connectivity index (χ1) is 5.75. The molecule has 0 aromatic carbocycles. The lowest BCUT2D eigenvalue weighted by Gasteiger charge is -2.20. The van der Waals surface area contributed by atoms with Crippen molar-refractivity contribution in [2.45, 2.75) is 31.7 Å². The van der Waals surface area contributed by atoms with Crippen molar-refractivity contribution in [2.24, 2.45) is 0 Å². The van der Waals surface area contributed by atoms with Gasteiger partial charge in [0.05, 0.1) is 0 Å². The Morgan fingerprint density at radius 2 is 2.33 bits per heavy atom. The molecule has 1 saturated heterocycles. The molecule has 0 aromatic heterocycles. The molecule has 2 N–H and O–H groups in total. The molecule has 12 heavy (non-hydrogen) atoms. The normalized spacial score (nSPS) is 23.1. The van der Waals surface area contributed by atoms with E-state index in [1.54, 1.807) is 0 Å². The van der Waals surface area contributed by atoms with Crippen molar-refractivity contribution < 1.29 is 15.0 Å². The van der Waals surface area contributed by atoms with Gasteiger partial charge in [0.2, 0.25) is 0 Å². The third-order valence-corrected chi connectivity index (χ3v) is 2.32. The lowest BCUT2D eigenvalue weighted by molar-refractivity contribution is 0.135. The first kappa shape index (κ1) is 9.32. The summed E-state index contributed by atoms with van der Waals surface area (Å²) in [5, 5.41) is 17.3. The highest BCUT2D eigenvalue weighted by Gasteiger charge is 2.27. The highest BCUT2D eigenvalue weighted by molar-refractivity contribution is 5.65. The number of rotatable bonds is 3. The van der Waals surface area contributed by atoms with Crippen LogP contribution in [0.1, 0.15) is 25.7 Å². The molecule has 1 aliphatic rings. The van der Waals surface area contributed by atoms with E-state index in [2.05, 4.69) is 0 Å². The van der Waals surface area contributed by atoms with Crippen LogP contribution >= 0.6 is 0 Å². The van der Waals surface area contributed by atoms with Gasteiger partial charge in [-0.1, -0.05) is 0 Å². The first-order valence-corrected chi connectivity index (χ1v) is 4.36. The molecule has 1 unspecified atom stereocenters. The number of carboxylic acid groups (broad SMARTS) is 1. The van der Waals surface area contributed by atoms with Crippen LogP contribution in [0.2, 0.25) is 0 Å². The van der Waals surface area contributed by atoms with Crippen molar-refractivity contribution in [3.05, 3.63) is 0 Å². The van der Waals surface area contributed by atoms with Crippen molar-refractivity contribution >= 4 is 6.09 Å². The van der Waals surface area contributed by atoms with Gasteiger partial charge in [0, 0.05) is 19.2 Å². The Hall–Kier alpha value is -0.770. The molecular formula is C8H15NO3. The summed E-state index contributed by atoms with van der Waals surface area (Å²) in [6, 6.07) is 0.148. The highest BCUT2D eigenvalue weighted by atomic mass is 16.4. The van der Waals surface area contributed by atoms with E-state index >= 15 is 0 Å². The third-order valence-electron chi connectivity index (χ3n) is 2.32. The Kier molecular flexibility index (Phi) is 3.34. The number of aliphatic hydroxyl groups excluding tert-OH is 1. The van der Waals surface area contributed by atoms with Crippen LogP contribution in [0.4, 0.5) is 4.79 Å². The SMILES string of the molecule is O=C(O)N1CCCC1CCCO. The van der Waals surface area contributed by atoms with Gasteiger partial charge in [-0.25, -0.2) is 4.79 Å². The molecule has 1 amide bonds. The number of carbonyl (C=O) groups is 1. The maximum absolute atomic E-state index is 10.6. The molecule has 70 valence electrons. The third kappa shape index (κ3) is 2.11. The van der Waals surface area contributed by atoms with Gasteiger partial charge in [-0.15, -0.1) is 0 Å². The fourth-order valence-corrected chi connectivity index (χ4v) is 1.71. The molecule has 1 rings (SSSR count). The molecule has 0 bridgehead atoms. The summed E-state index contributed by atoms with van der Waals surface area (Å²) >= 11 is 0. The minimum atomic E-state index is -0.824. The summed E-state index contributed by atoms with van der Waals surface area (Å²) in [6.07, 6.45) is 2.59. The molecule has 4 nitrogen and oxygen atoms in total. The lowest BCUT2D eigenvalue weighted by Crippen LogP contribution is -2.34. The zero-order chi connectivity index (χ0) is 8.97. The first-order valence-electron chi connectivity index (χ1n) is 4.36. The Bertz CT molecular complexity index is 160. The van der Waals surface area contributed by atoms with Crippen LogP contribution in [-0.2, 0) is 0 Å². The largest absolute Gasteiger partial charge is 0.465 e. The maximum atomic E-state index is 10.6. The van der Waals surface area contributed by atoms with Gasteiger partial charge in [-0.3, -0.25) is 0 Å². The van der Waals surface area contributed by atoms with E-state index in [1.807, 2.05) is 0 Å². The standard InChI is InChI=1S/C8H15NO3/c10-6-2-4-7-3-1-5-9(7)8(11)12/h7,10H,1-6H2,(H,11,12). The van der Waals surface area contributed by atoms with Gasteiger partial charge in [-0.05, 0) is 25.7 Å². The van der Waals surface area contributed by atoms with Crippen molar-refractivity contribution in [1.29, 1.82) is 0 Å². The van der Waals surface area contributed by atoms with E-state index in [9.17, 15) is 4.79 Å². The zero-order valence-corrected chi connectivity index (χ0v) is 7.07. The summed E-state index contributed by atoms with van der Waals surface area (Å²) in [5.41, 5.74) is 0. The van der Waals surface area contributed by atoms with Crippen molar-refractivity contribution in [2.75, 3.05) is 13.2 Å². The molecule has 0 aromatic rings. The average Bonchev–Trinajstić information content (AvgIpc) is 2.48. The molecular weight excluding hydrogens is 158 g/mol. The molecule has 0 saturated carbocycles. The molecule has 0 radical (unpaired) electrons. The summed E-state index contributed by atoms with van der Waals surface area (Å²) in [7, 11) is 0. The summed E-state index contributed by atoms with van der Waals surface area (Å²) in [5.74, 6) is 0. The van der Waals surface area contributed by atoms with E-state index in [4.69, 9.17) is 10.2 Å². The van der Waals surface area contributed by atoms with Gasteiger partial charge >= 0.3 is 6.09 Å². The summed E-state index contributed by atoms with van der Waals surface area (Å²) < 4.78 is 0. The van der Waals surface area contributed by atoms with Gasteiger partial charge in [0.15, 0.2) is 0 Å². The van der Waals surface area contributed by atoms with Crippen LogP contribution in [0.5, 0.6) is 0 Å². The topological polar surface area (TPSA) is 60.8 Å². The van der Waals surface area contributed by atoms with E-state index in [-0.39, 0.29) is 12.6 Å². The Balaban J connectivity index is 2.35. The number of hydrogen-bond donors (Lipinski definition) is 2. The van der Waals surface area contributed by atoms with E-state index in [0.717, 1.165) is 19.3 Å². The lowest BCUT2D eigenvalue weighted by atomic mass is 10.1. The molecule has 4 heteroatoms. The van der Waals surface area contributed by atoms with Crippen LogP contribution in [0, 0.1) is 0 Å². The van der Waals surface area contributed by atoms with E-state index in [0.29, 0.717) is 13.0 Å². The fourth-order valence-electron chi connectivity index (χ4n) is 1.71. The summed E-state index contributed by atoms with van der Waals surface area (Å²) in [4.78, 5) is 12.1. The van der Waals surface area contributed by atoms with Crippen LogP contribution in [0.3, 0.4) is 0 Å². The Morgan fingerprint density at radius 1 is 1.58 bits per heavy atom. The van der Waals surface area contributed by atoms with Crippen molar-refractivity contribution in [3.8, 4) is 0 Å². The van der Waals surface area contributed by atoms with Crippen molar-refractivity contribution in [3.63, 3.8) is 0 Å². The van der Waals surface area contributed by atoms with Crippen LogP contribution < -0.4 is 0 Å². The van der Waals surface area contributed by atoms with Gasteiger partial charge in [-0.2, -0.15) is 0 Å². The van der Waals surface area contributed by atoms with E-state index in [1.165, 1.54) is 4.90 Å². The molecule has 1 aliphatic heterocycles. The minimum Gasteiger partial charge on any atom is -0.465 e. The molecule has 1 atom stereocenters. The molecule has 0 spiro atoms. The van der Waals surface area contributed by atoms with E-state index < -0.39 is 6.09 Å². The van der Waals surface area contributed by atoms with Gasteiger partial charge in [0.1, 0.15) is 0 Å². The highest BCUT2D eigenvalue weighted by Crippen LogP contribution is 2.20. The van der Waals surface area contributed by atoms with Gasteiger partial charge < -0.3 is 15.1 Å². The maximum Gasteiger partial charge on any atom is 0.407 e. The average molecular weight is 173 g/mol. The number of amides is 1. The van der Waals surface area contributed by atoms with Crippen molar-refractivity contribution in [1.82, 2.24) is 4.90 Å². The van der Waals surface area contributed by atoms with Gasteiger partial charge in [0.25, 0.3) is 0 Å². The number of hydrogen-bond acceptors (Lipinski definition) is 2. The minimum absolute atomic E-state index is 0.148. The molecule has 0 aliphatic carbocycles. The second-order valence-corrected chi connectivity index (χ2v) is 3.14. The number of nitrogens with zero attached hydrogens (tertiary/aromatic N) is 1. The van der Waals surface area contributed by atoms with Crippen LogP contribution in [-0.4, -0.2) is 40.4 Å². The number of likely N-dealkylation sites (tertiary alicyclic amines) is 1. The predicted octanol–water partition coefficient (Wildman–Crippen LogP) is 0.901. The molecule has 1 heterocycles. The second kappa shape index (κ2) is 4.30. The Labute approximate surface area is 71.8 Å². The summed E-state index contributed by atoms with van der Waals surface area (Å²) in [6.45, 7) is 0.815. The number of aliphatic hydroxyl groups is 1. The second-order valence-electron chi connectivity index (χ2n) is 3.14. The predicted molar refractivity (Wildman–Crippen MR) is 44.1 cm³/mol. The fraction of sp³-hybridized carbons (Fsp3) is 0.875. The monoisotopic (exact) mass is 173 g/mol. The molecule has 1 fully saturated rings. The zero-order valence-electron chi connectivity index (χ0n) is 7.07. The quantitative estimate of drug-likeness (QED) is 0.666. The van der Waals surface area contributed by atoms with Crippen LogP contribution in [0.15, 0.2) is 0 Å².